The molecule has 3 aromatic rings. The van der Waals surface area contributed by atoms with Gasteiger partial charge in [-0.15, -0.1) is 11.3 Å². The van der Waals surface area contributed by atoms with E-state index in [4.69, 9.17) is 4.74 Å². The highest BCUT2D eigenvalue weighted by Gasteiger charge is 2.12. The number of carbonyl (C=O) groups is 2. The number of benzene rings is 1. The number of nitrogens with zero attached hydrogens (tertiary/aromatic N) is 1. The minimum absolute atomic E-state index is 0.0464. The van der Waals surface area contributed by atoms with E-state index in [9.17, 15) is 9.59 Å². The predicted octanol–water partition coefficient (Wildman–Crippen LogP) is 4.18. The minimum Gasteiger partial charge on any atom is -0.489 e. The highest BCUT2D eigenvalue weighted by atomic mass is 32.1. The van der Waals surface area contributed by atoms with E-state index < -0.39 is 0 Å². The number of ether oxygens (including phenoxy) is 1. The molecule has 0 unspecified atom stereocenters. The summed E-state index contributed by atoms with van der Waals surface area (Å²) in [7, 11) is 0. The first-order valence-corrected chi connectivity index (χ1v) is 8.47. The fourth-order valence-electron chi connectivity index (χ4n) is 2.16. The Balaban J connectivity index is 1.64. The molecule has 1 aromatic carbocycles. The van der Waals surface area contributed by atoms with Crippen LogP contribution >= 0.6 is 11.3 Å². The average Bonchev–Trinajstić information content (AvgIpc) is 3.12. The lowest BCUT2D eigenvalue weighted by atomic mass is 10.3. The summed E-state index contributed by atoms with van der Waals surface area (Å²) in [4.78, 5) is 28.7. The van der Waals surface area contributed by atoms with Crippen LogP contribution in [0.2, 0.25) is 0 Å². The molecule has 126 valence electrons. The second-order valence-corrected chi connectivity index (χ2v) is 6.44. The lowest BCUT2D eigenvalue weighted by Crippen LogP contribution is -2.10. The van der Waals surface area contributed by atoms with Crippen LogP contribution in [0.25, 0.3) is 0 Å². The summed E-state index contributed by atoms with van der Waals surface area (Å²) in [6.07, 6.45) is 3.46. The fourth-order valence-corrected chi connectivity index (χ4v) is 2.95. The molecule has 0 aliphatic rings. The van der Waals surface area contributed by atoms with Crippen molar-refractivity contribution in [3.63, 3.8) is 0 Å². The van der Waals surface area contributed by atoms with Gasteiger partial charge in [0.1, 0.15) is 12.4 Å². The van der Waals surface area contributed by atoms with E-state index in [0.717, 1.165) is 5.56 Å². The van der Waals surface area contributed by atoms with Crippen LogP contribution in [0, 0.1) is 0 Å². The summed E-state index contributed by atoms with van der Waals surface area (Å²) >= 11 is 1.18. The van der Waals surface area contributed by atoms with Gasteiger partial charge in [-0.1, -0.05) is 12.1 Å². The van der Waals surface area contributed by atoms with Crippen LogP contribution in [0.1, 0.15) is 31.8 Å². The van der Waals surface area contributed by atoms with Gasteiger partial charge in [0.25, 0.3) is 5.91 Å². The molecule has 25 heavy (non-hydrogen) atoms. The smallest absolute Gasteiger partial charge is 0.265 e. The molecule has 6 heteroatoms. The number of hydrogen-bond donors (Lipinski definition) is 1. The molecule has 0 atom stereocenters. The summed E-state index contributed by atoms with van der Waals surface area (Å²) in [6.45, 7) is 1.88. The topological polar surface area (TPSA) is 68.3 Å². The van der Waals surface area contributed by atoms with Gasteiger partial charge < -0.3 is 10.1 Å². The van der Waals surface area contributed by atoms with Gasteiger partial charge in [-0.05, 0) is 37.3 Å². The van der Waals surface area contributed by atoms with Crippen molar-refractivity contribution in [1.29, 1.82) is 0 Å². The lowest BCUT2D eigenvalue weighted by molar-refractivity contribution is 0.101. The zero-order valence-electron chi connectivity index (χ0n) is 13.6. The van der Waals surface area contributed by atoms with Crippen LogP contribution < -0.4 is 10.1 Å². The summed E-state index contributed by atoms with van der Waals surface area (Å²) in [5.41, 5.74) is 1.60. The Kier molecular flexibility index (Phi) is 5.20. The molecule has 3 rings (SSSR count). The van der Waals surface area contributed by atoms with E-state index in [1.54, 1.807) is 36.7 Å². The van der Waals surface area contributed by atoms with Gasteiger partial charge in [-0.25, -0.2) is 0 Å². The molecule has 0 aliphatic heterocycles. The van der Waals surface area contributed by atoms with Crippen molar-refractivity contribution in [3.8, 4) is 5.75 Å². The molecular weight excluding hydrogens is 336 g/mol. The molecule has 5 nitrogen and oxygen atoms in total. The van der Waals surface area contributed by atoms with Crippen molar-refractivity contribution >= 4 is 28.7 Å². The van der Waals surface area contributed by atoms with Crippen LogP contribution in [0.4, 0.5) is 5.69 Å². The van der Waals surface area contributed by atoms with Gasteiger partial charge in [0.15, 0.2) is 5.78 Å². The first-order valence-electron chi connectivity index (χ1n) is 7.66. The number of pyridine rings is 1. The van der Waals surface area contributed by atoms with Crippen LogP contribution in [0.15, 0.2) is 60.9 Å². The Morgan fingerprint density at radius 1 is 1.12 bits per heavy atom. The number of nitrogens with one attached hydrogen (secondary N) is 1. The van der Waals surface area contributed by atoms with Gasteiger partial charge in [0.2, 0.25) is 0 Å². The van der Waals surface area contributed by atoms with Crippen molar-refractivity contribution in [2.75, 3.05) is 5.32 Å². The fraction of sp³-hybridized carbons (Fsp3) is 0.105. The van der Waals surface area contributed by atoms with Crippen LogP contribution in [0.5, 0.6) is 5.75 Å². The van der Waals surface area contributed by atoms with Crippen LogP contribution in [0.3, 0.4) is 0 Å². The molecular formula is C19H16N2O3S. The molecule has 2 heterocycles. The SMILES string of the molecule is CC(=O)c1ccc(C(=O)Nc2cccc(OCc3cccnc3)c2)s1. The first-order chi connectivity index (χ1) is 12.1. The van der Waals surface area contributed by atoms with Crippen molar-refractivity contribution < 1.29 is 14.3 Å². The number of aromatic nitrogens is 1. The predicted molar refractivity (Wildman–Crippen MR) is 97.3 cm³/mol. The summed E-state index contributed by atoms with van der Waals surface area (Å²) in [6, 6.07) is 14.3. The average molecular weight is 352 g/mol. The molecule has 2 aromatic heterocycles. The number of ketones is 1. The lowest BCUT2D eigenvalue weighted by Gasteiger charge is -2.08. The molecule has 1 N–H and O–H groups in total. The van der Waals surface area contributed by atoms with Gasteiger partial charge in [0.05, 0.1) is 9.75 Å². The summed E-state index contributed by atoms with van der Waals surface area (Å²) < 4.78 is 5.72. The second-order valence-electron chi connectivity index (χ2n) is 5.35. The maximum absolute atomic E-state index is 12.3. The Morgan fingerprint density at radius 3 is 2.68 bits per heavy atom. The van der Waals surface area contributed by atoms with Gasteiger partial charge in [-0.3, -0.25) is 14.6 Å². The van der Waals surface area contributed by atoms with Crippen LogP contribution in [-0.4, -0.2) is 16.7 Å². The molecule has 0 aliphatic carbocycles. The van der Waals surface area contributed by atoms with Crippen molar-refractivity contribution in [1.82, 2.24) is 4.98 Å². The number of anilines is 1. The Hall–Kier alpha value is -2.99. The minimum atomic E-state index is -0.248. The van der Waals surface area contributed by atoms with Gasteiger partial charge >= 0.3 is 0 Å². The number of hydrogen-bond acceptors (Lipinski definition) is 5. The van der Waals surface area contributed by atoms with E-state index in [1.165, 1.54) is 18.3 Å². The van der Waals surface area contributed by atoms with E-state index in [-0.39, 0.29) is 11.7 Å². The molecule has 1 amide bonds. The highest BCUT2D eigenvalue weighted by Crippen LogP contribution is 2.22. The number of rotatable bonds is 6. The van der Waals surface area contributed by atoms with Crippen molar-refractivity contribution in [2.24, 2.45) is 0 Å². The molecule has 0 saturated heterocycles. The standard InChI is InChI=1S/C19H16N2O3S/c1-13(22)17-7-8-18(25-17)19(23)21-15-5-2-6-16(10-15)24-12-14-4-3-9-20-11-14/h2-11H,12H2,1H3,(H,21,23). The first kappa shape index (κ1) is 16.9. The largest absolute Gasteiger partial charge is 0.489 e. The Labute approximate surface area is 149 Å². The molecule has 0 fully saturated rings. The second kappa shape index (κ2) is 7.72. The Bertz CT molecular complexity index is 890. The third kappa shape index (κ3) is 4.51. The molecule has 0 bridgehead atoms. The van der Waals surface area contributed by atoms with Crippen molar-refractivity contribution in [2.45, 2.75) is 13.5 Å². The molecule has 0 radical (unpaired) electrons. The number of amides is 1. The number of thiophene rings is 1. The van der Waals surface area contributed by atoms with E-state index in [2.05, 4.69) is 10.3 Å². The van der Waals surface area contributed by atoms with Crippen LogP contribution in [-0.2, 0) is 6.61 Å². The van der Waals surface area contributed by atoms with E-state index in [1.807, 2.05) is 24.3 Å². The molecule has 0 saturated carbocycles. The maximum Gasteiger partial charge on any atom is 0.265 e. The van der Waals surface area contributed by atoms with Crippen molar-refractivity contribution in [3.05, 3.63) is 76.2 Å². The van der Waals surface area contributed by atoms with Gasteiger partial charge in [0, 0.05) is 29.7 Å². The van der Waals surface area contributed by atoms with Gasteiger partial charge in [-0.2, -0.15) is 0 Å². The number of carbonyl (C=O) groups excluding carboxylic acids is 2. The normalized spacial score (nSPS) is 10.3. The Morgan fingerprint density at radius 2 is 1.96 bits per heavy atom. The third-order valence-corrected chi connectivity index (χ3v) is 4.58. The highest BCUT2D eigenvalue weighted by molar-refractivity contribution is 7.16. The van der Waals surface area contributed by atoms with E-state index >= 15 is 0 Å². The number of Topliss-reactive ketones (excluding diaryl/α,β-unsaturated/α-hetero) is 1. The summed E-state index contributed by atoms with van der Waals surface area (Å²) in [5.74, 6) is 0.356. The third-order valence-electron chi connectivity index (χ3n) is 3.40. The summed E-state index contributed by atoms with van der Waals surface area (Å²) in [5, 5.41) is 2.82. The molecule has 0 spiro atoms. The maximum atomic E-state index is 12.3. The van der Waals surface area contributed by atoms with E-state index in [0.29, 0.717) is 27.8 Å². The quantitative estimate of drug-likeness (QED) is 0.676. The zero-order chi connectivity index (χ0) is 17.6. The zero-order valence-corrected chi connectivity index (χ0v) is 14.4. The monoisotopic (exact) mass is 352 g/mol.